The molecule has 1 aromatic rings. The number of fused-ring (bicyclic) bond motifs is 1. The molecule has 0 aromatic heterocycles. The molecule has 1 aromatic carbocycles. The number of anilines is 1. The van der Waals surface area contributed by atoms with E-state index in [0.29, 0.717) is 17.0 Å². The fourth-order valence-corrected chi connectivity index (χ4v) is 2.97. The molecule has 3 rings (SSSR count). The molecule has 1 fully saturated rings. The number of nitrogens with one attached hydrogen (secondary N) is 2. The first kappa shape index (κ1) is 12.0. The number of carbonyl (C=O) groups is 1. The first-order chi connectivity index (χ1) is 8.65. The molecule has 2 aliphatic heterocycles. The topological polar surface area (TPSA) is 61.4 Å². The molecule has 1 amide bonds. The standard InChI is InChI=1S/C13H15ClN2O2/c14-9-6-11-7(5-12(17)16-11)4-8(9)13(18)10-2-1-3-15-10/h4,6,10,13,15,18H,1-3,5H2,(H,16,17). The van der Waals surface area contributed by atoms with E-state index in [4.69, 9.17) is 11.6 Å². The summed E-state index contributed by atoms with van der Waals surface area (Å²) < 4.78 is 0. The van der Waals surface area contributed by atoms with Crippen LogP contribution >= 0.6 is 11.6 Å². The van der Waals surface area contributed by atoms with E-state index in [-0.39, 0.29) is 11.9 Å². The Morgan fingerprint density at radius 3 is 3.00 bits per heavy atom. The van der Waals surface area contributed by atoms with E-state index in [9.17, 15) is 9.90 Å². The summed E-state index contributed by atoms with van der Waals surface area (Å²) in [6.07, 6.45) is 1.78. The first-order valence-corrected chi connectivity index (χ1v) is 6.56. The average molecular weight is 267 g/mol. The van der Waals surface area contributed by atoms with Crippen LogP contribution in [0.1, 0.15) is 30.1 Å². The lowest BCUT2D eigenvalue weighted by molar-refractivity contribution is -0.115. The van der Waals surface area contributed by atoms with Gasteiger partial charge in [0.25, 0.3) is 0 Å². The van der Waals surface area contributed by atoms with Gasteiger partial charge in [-0.3, -0.25) is 4.79 Å². The maximum atomic E-state index is 11.3. The predicted octanol–water partition coefficient (Wildman–Crippen LogP) is 1.62. The zero-order valence-electron chi connectivity index (χ0n) is 9.87. The molecule has 0 spiro atoms. The number of hydrogen-bond donors (Lipinski definition) is 3. The van der Waals surface area contributed by atoms with E-state index in [1.165, 1.54) is 0 Å². The van der Waals surface area contributed by atoms with Gasteiger partial charge in [0.2, 0.25) is 5.91 Å². The normalized spacial score (nSPS) is 23.9. The van der Waals surface area contributed by atoms with Crippen LogP contribution in [-0.2, 0) is 11.2 Å². The van der Waals surface area contributed by atoms with E-state index in [1.54, 1.807) is 6.07 Å². The van der Waals surface area contributed by atoms with Crippen LogP contribution in [0.5, 0.6) is 0 Å². The fraction of sp³-hybridized carbons (Fsp3) is 0.462. The Morgan fingerprint density at radius 1 is 1.44 bits per heavy atom. The SMILES string of the molecule is O=C1Cc2cc(C(O)C3CCCN3)c(Cl)cc2N1. The van der Waals surface area contributed by atoms with Crippen molar-refractivity contribution in [1.29, 1.82) is 0 Å². The van der Waals surface area contributed by atoms with Crippen molar-refractivity contribution in [3.05, 3.63) is 28.3 Å². The van der Waals surface area contributed by atoms with Crippen molar-refractivity contribution in [3.8, 4) is 0 Å². The highest BCUT2D eigenvalue weighted by molar-refractivity contribution is 6.32. The average Bonchev–Trinajstić information content (AvgIpc) is 2.94. The van der Waals surface area contributed by atoms with Gasteiger partial charge in [0, 0.05) is 22.3 Å². The molecular formula is C13H15ClN2O2. The highest BCUT2D eigenvalue weighted by Crippen LogP contribution is 2.35. The van der Waals surface area contributed by atoms with Gasteiger partial charge >= 0.3 is 0 Å². The second-order valence-corrected chi connectivity index (χ2v) is 5.31. The minimum Gasteiger partial charge on any atom is -0.387 e. The molecule has 4 nitrogen and oxygen atoms in total. The Hall–Kier alpha value is -1.10. The maximum Gasteiger partial charge on any atom is 0.228 e. The monoisotopic (exact) mass is 266 g/mol. The smallest absolute Gasteiger partial charge is 0.228 e. The van der Waals surface area contributed by atoms with Gasteiger partial charge in [0.1, 0.15) is 0 Å². The molecule has 2 heterocycles. The van der Waals surface area contributed by atoms with Crippen molar-refractivity contribution in [2.45, 2.75) is 31.4 Å². The number of aliphatic hydroxyl groups is 1. The van der Waals surface area contributed by atoms with E-state index >= 15 is 0 Å². The molecule has 1 saturated heterocycles. The first-order valence-electron chi connectivity index (χ1n) is 6.19. The molecule has 0 saturated carbocycles. The highest BCUT2D eigenvalue weighted by atomic mass is 35.5. The molecule has 2 unspecified atom stereocenters. The van der Waals surface area contributed by atoms with Crippen LogP contribution in [0, 0.1) is 0 Å². The highest BCUT2D eigenvalue weighted by Gasteiger charge is 2.28. The number of rotatable bonds is 2. The Balaban J connectivity index is 1.92. The molecular weight excluding hydrogens is 252 g/mol. The van der Waals surface area contributed by atoms with E-state index in [2.05, 4.69) is 10.6 Å². The third kappa shape index (κ3) is 2.00. The largest absolute Gasteiger partial charge is 0.387 e. The van der Waals surface area contributed by atoms with Gasteiger partial charge in [-0.2, -0.15) is 0 Å². The Labute approximate surface area is 110 Å². The molecule has 96 valence electrons. The van der Waals surface area contributed by atoms with Crippen LogP contribution in [0.25, 0.3) is 0 Å². The van der Waals surface area contributed by atoms with Gasteiger partial charge in [0.15, 0.2) is 0 Å². The lowest BCUT2D eigenvalue weighted by atomic mass is 9.98. The zero-order valence-corrected chi connectivity index (χ0v) is 10.6. The van der Waals surface area contributed by atoms with Crippen LogP contribution in [-0.4, -0.2) is 23.6 Å². The number of carbonyl (C=O) groups excluding carboxylic acids is 1. The van der Waals surface area contributed by atoms with E-state index in [1.807, 2.05) is 6.07 Å². The third-order valence-electron chi connectivity index (χ3n) is 3.65. The van der Waals surface area contributed by atoms with Gasteiger partial charge in [-0.25, -0.2) is 0 Å². The number of aliphatic hydroxyl groups excluding tert-OH is 1. The molecule has 5 heteroatoms. The lowest BCUT2D eigenvalue weighted by Crippen LogP contribution is -2.28. The van der Waals surface area contributed by atoms with Crippen molar-refractivity contribution in [3.63, 3.8) is 0 Å². The molecule has 0 bridgehead atoms. The molecule has 0 radical (unpaired) electrons. The molecule has 18 heavy (non-hydrogen) atoms. The number of halogens is 1. The Bertz CT molecular complexity index is 498. The van der Waals surface area contributed by atoms with Gasteiger partial charge in [-0.15, -0.1) is 0 Å². The summed E-state index contributed by atoms with van der Waals surface area (Å²) in [4.78, 5) is 11.3. The van der Waals surface area contributed by atoms with Crippen molar-refractivity contribution < 1.29 is 9.90 Å². The minimum atomic E-state index is -0.610. The van der Waals surface area contributed by atoms with E-state index in [0.717, 1.165) is 30.6 Å². The van der Waals surface area contributed by atoms with Crippen LogP contribution in [0.2, 0.25) is 5.02 Å². The van der Waals surface area contributed by atoms with Crippen molar-refractivity contribution in [1.82, 2.24) is 5.32 Å². The van der Waals surface area contributed by atoms with Gasteiger partial charge in [0.05, 0.1) is 12.5 Å². The van der Waals surface area contributed by atoms with Crippen LogP contribution in [0.3, 0.4) is 0 Å². The summed E-state index contributed by atoms with van der Waals surface area (Å²) in [7, 11) is 0. The second-order valence-electron chi connectivity index (χ2n) is 4.90. The van der Waals surface area contributed by atoms with Crippen molar-refractivity contribution >= 4 is 23.2 Å². The summed E-state index contributed by atoms with van der Waals surface area (Å²) >= 11 is 6.19. The van der Waals surface area contributed by atoms with Crippen LogP contribution < -0.4 is 10.6 Å². The summed E-state index contributed by atoms with van der Waals surface area (Å²) in [5.41, 5.74) is 2.39. The van der Waals surface area contributed by atoms with Gasteiger partial charge in [-0.1, -0.05) is 11.6 Å². The molecule has 3 N–H and O–H groups in total. The van der Waals surface area contributed by atoms with Gasteiger partial charge < -0.3 is 15.7 Å². The summed E-state index contributed by atoms with van der Waals surface area (Å²) in [5.74, 6) is -0.0216. The number of amides is 1. The van der Waals surface area contributed by atoms with Gasteiger partial charge in [-0.05, 0) is 37.1 Å². The van der Waals surface area contributed by atoms with Crippen molar-refractivity contribution in [2.75, 3.05) is 11.9 Å². The predicted molar refractivity (Wildman–Crippen MR) is 69.8 cm³/mol. The van der Waals surface area contributed by atoms with Crippen LogP contribution in [0.4, 0.5) is 5.69 Å². The number of hydrogen-bond acceptors (Lipinski definition) is 3. The zero-order chi connectivity index (χ0) is 12.7. The van der Waals surface area contributed by atoms with E-state index < -0.39 is 6.10 Å². The van der Waals surface area contributed by atoms with Crippen LogP contribution in [0.15, 0.2) is 12.1 Å². The van der Waals surface area contributed by atoms with Crippen molar-refractivity contribution in [2.24, 2.45) is 0 Å². The maximum absolute atomic E-state index is 11.3. The summed E-state index contributed by atoms with van der Waals surface area (Å²) in [5, 5.41) is 16.9. The summed E-state index contributed by atoms with van der Waals surface area (Å²) in [6.45, 7) is 0.935. The second kappa shape index (κ2) is 4.53. The number of benzene rings is 1. The third-order valence-corrected chi connectivity index (χ3v) is 3.97. The fourth-order valence-electron chi connectivity index (χ4n) is 2.69. The Kier molecular flexibility index (Phi) is 3.01. The summed E-state index contributed by atoms with van der Waals surface area (Å²) in [6, 6.07) is 3.64. The lowest BCUT2D eigenvalue weighted by Gasteiger charge is -2.20. The molecule has 2 aliphatic rings. The Morgan fingerprint density at radius 2 is 2.28 bits per heavy atom. The quantitative estimate of drug-likeness (QED) is 0.762. The molecule has 0 aliphatic carbocycles. The molecule has 2 atom stereocenters. The minimum absolute atomic E-state index is 0.0216.